The van der Waals surface area contributed by atoms with Gasteiger partial charge in [-0.25, -0.2) is 0 Å². The first-order valence-electron chi connectivity index (χ1n) is 10.8. The van der Waals surface area contributed by atoms with Crippen LogP contribution in [-0.4, -0.2) is 14.1 Å². The third kappa shape index (κ3) is 6.10. The Hall–Kier alpha value is -3.82. The van der Waals surface area contributed by atoms with E-state index in [1.165, 1.54) is 11.3 Å². The van der Waals surface area contributed by atoms with Gasteiger partial charge in [-0.15, -0.1) is 0 Å². The first-order chi connectivity index (χ1) is 15.3. The minimum absolute atomic E-state index is 0.0299. The topological polar surface area (TPSA) is 50.8 Å². The van der Waals surface area contributed by atoms with Crippen LogP contribution in [0.3, 0.4) is 0 Å². The van der Waals surface area contributed by atoms with Crippen LogP contribution in [0.5, 0.6) is 0 Å². The Morgan fingerprint density at radius 3 is 1.72 bits per heavy atom. The molecule has 3 nitrogen and oxygen atoms in total. The summed E-state index contributed by atoms with van der Waals surface area (Å²) in [6, 6.07) is 21.0. The van der Waals surface area contributed by atoms with Crippen molar-refractivity contribution in [3.05, 3.63) is 94.1 Å². The molecule has 0 bridgehead atoms. The Morgan fingerprint density at radius 1 is 0.781 bits per heavy atom. The van der Waals surface area contributed by atoms with E-state index in [0.717, 1.165) is 35.1 Å². The first-order valence-corrected chi connectivity index (χ1v) is 10.8. The van der Waals surface area contributed by atoms with Gasteiger partial charge in [-0.2, -0.15) is 10.5 Å². The van der Waals surface area contributed by atoms with Gasteiger partial charge in [0.05, 0.1) is 0 Å². The number of hydrogen-bond acceptors (Lipinski definition) is 3. The van der Waals surface area contributed by atoms with Crippen LogP contribution in [0, 0.1) is 28.1 Å². The quantitative estimate of drug-likeness (QED) is 0.386. The van der Waals surface area contributed by atoms with Gasteiger partial charge >= 0.3 is 0 Å². The van der Waals surface area contributed by atoms with E-state index in [1.807, 2.05) is 32.3 Å². The highest BCUT2D eigenvalue weighted by Crippen LogP contribution is 2.39. The van der Waals surface area contributed by atoms with Gasteiger partial charge in [0.15, 0.2) is 0 Å². The Kier molecular flexibility index (Phi) is 7.14. The minimum Gasteiger partial charge on any atom is -0.378 e. The zero-order valence-electron chi connectivity index (χ0n) is 19.3. The fraction of sp³-hybridized carbons (Fsp3) is 0.241. The van der Waals surface area contributed by atoms with Gasteiger partial charge < -0.3 is 4.90 Å². The summed E-state index contributed by atoms with van der Waals surface area (Å²) in [5.74, 6) is 0. The van der Waals surface area contributed by atoms with Gasteiger partial charge in [0.25, 0.3) is 0 Å². The molecule has 0 saturated heterocycles. The SMILES string of the molecule is CN(C)c1ccc(C=Cc2ccc(C=CC3=CC(=C(C#N)C#N)CC(C)(C)C3)cc2)cc1. The molecule has 1 aliphatic carbocycles. The third-order valence-electron chi connectivity index (χ3n) is 5.56. The maximum Gasteiger partial charge on any atom is 0.132 e. The second-order valence-corrected chi connectivity index (χ2v) is 9.18. The van der Waals surface area contributed by atoms with E-state index in [4.69, 9.17) is 0 Å². The largest absolute Gasteiger partial charge is 0.378 e. The van der Waals surface area contributed by atoms with Crippen molar-refractivity contribution in [2.24, 2.45) is 5.41 Å². The lowest BCUT2D eigenvalue weighted by Crippen LogP contribution is -2.17. The molecule has 0 N–H and O–H groups in total. The van der Waals surface area contributed by atoms with E-state index in [9.17, 15) is 10.5 Å². The van der Waals surface area contributed by atoms with Gasteiger partial charge in [-0.3, -0.25) is 0 Å². The zero-order chi connectivity index (χ0) is 23.1. The van der Waals surface area contributed by atoms with Gasteiger partial charge in [0.2, 0.25) is 0 Å². The molecule has 0 fully saturated rings. The van der Waals surface area contributed by atoms with Crippen molar-refractivity contribution >= 4 is 23.9 Å². The van der Waals surface area contributed by atoms with Crippen LogP contribution >= 0.6 is 0 Å². The predicted molar refractivity (Wildman–Crippen MR) is 135 cm³/mol. The molecule has 0 aromatic heterocycles. The highest BCUT2D eigenvalue weighted by molar-refractivity contribution is 5.71. The second kappa shape index (κ2) is 9.99. The number of nitriles is 2. The number of anilines is 1. The van der Waals surface area contributed by atoms with E-state index in [2.05, 4.69) is 91.6 Å². The normalized spacial score (nSPS) is 15.3. The molecule has 2 aromatic rings. The van der Waals surface area contributed by atoms with Crippen LogP contribution in [0.2, 0.25) is 0 Å². The van der Waals surface area contributed by atoms with Crippen LogP contribution in [-0.2, 0) is 0 Å². The fourth-order valence-electron chi connectivity index (χ4n) is 3.89. The van der Waals surface area contributed by atoms with Crippen molar-refractivity contribution in [1.29, 1.82) is 10.5 Å². The number of nitrogens with zero attached hydrogens (tertiary/aromatic N) is 3. The standard InChI is InChI=1S/C29H29N3/c1-29(2)18-25(17-26(19-29)27(20-30)21-31)12-11-23-7-5-22(6-8-23)9-10-24-13-15-28(16-14-24)32(3)4/h5-17H,18-19H2,1-4H3. The monoisotopic (exact) mass is 419 g/mol. The Balaban J connectivity index is 1.72. The first kappa shape index (κ1) is 22.9. The smallest absolute Gasteiger partial charge is 0.132 e. The van der Waals surface area contributed by atoms with Crippen LogP contribution < -0.4 is 4.90 Å². The number of rotatable bonds is 5. The van der Waals surface area contributed by atoms with Gasteiger partial charge in [-0.1, -0.05) is 80.6 Å². The maximum atomic E-state index is 9.23. The van der Waals surface area contributed by atoms with E-state index < -0.39 is 0 Å². The molecular weight excluding hydrogens is 390 g/mol. The summed E-state index contributed by atoms with van der Waals surface area (Å²) < 4.78 is 0. The summed E-state index contributed by atoms with van der Waals surface area (Å²) in [5.41, 5.74) is 6.86. The molecule has 3 heteroatoms. The molecule has 0 aliphatic heterocycles. The van der Waals surface area contributed by atoms with Gasteiger partial charge in [0, 0.05) is 19.8 Å². The Bertz CT molecular complexity index is 1140. The average molecular weight is 420 g/mol. The molecule has 160 valence electrons. The summed E-state index contributed by atoms with van der Waals surface area (Å²) in [6.45, 7) is 4.35. The maximum absolute atomic E-state index is 9.23. The molecule has 0 atom stereocenters. The van der Waals surface area contributed by atoms with Gasteiger partial charge in [0.1, 0.15) is 17.7 Å². The molecule has 2 aromatic carbocycles. The molecule has 0 radical (unpaired) electrons. The van der Waals surface area contributed by atoms with E-state index in [-0.39, 0.29) is 11.0 Å². The highest BCUT2D eigenvalue weighted by Gasteiger charge is 2.26. The van der Waals surface area contributed by atoms with Gasteiger partial charge in [-0.05, 0) is 58.2 Å². The molecule has 0 amide bonds. The van der Waals surface area contributed by atoms with Crippen molar-refractivity contribution in [1.82, 2.24) is 0 Å². The van der Waals surface area contributed by atoms with Crippen molar-refractivity contribution in [2.45, 2.75) is 26.7 Å². The molecule has 0 heterocycles. The van der Waals surface area contributed by atoms with E-state index >= 15 is 0 Å². The molecular formula is C29H29N3. The second-order valence-electron chi connectivity index (χ2n) is 9.18. The Morgan fingerprint density at radius 2 is 1.25 bits per heavy atom. The number of allylic oxidation sites excluding steroid dienone is 5. The summed E-state index contributed by atoms with van der Waals surface area (Å²) in [7, 11) is 4.08. The summed E-state index contributed by atoms with van der Waals surface area (Å²) in [6.07, 6.45) is 12.1. The molecule has 0 spiro atoms. The lowest BCUT2D eigenvalue weighted by atomic mass is 9.74. The van der Waals surface area contributed by atoms with Crippen LogP contribution in [0.4, 0.5) is 5.69 Å². The van der Waals surface area contributed by atoms with Crippen molar-refractivity contribution in [3.63, 3.8) is 0 Å². The zero-order valence-corrected chi connectivity index (χ0v) is 19.3. The Labute approximate surface area is 191 Å². The molecule has 32 heavy (non-hydrogen) atoms. The lowest BCUT2D eigenvalue weighted by Gasteiger charge is -2.30. The van der Waals surface area contributed by atoms with Crippen LogP contribution in [0.25, 0.3) is 18.2 Å². The number of benzene rings is 2. The van der Waals surface area contributed by atoms with Crippen molar-refractivity contribution in [2.75, 3.05) is 19.0 Å². The molecule has 1 aliphatic rings. The molecule has 0 saturated carbocycles. The predicted octanol–water partition coefficient (Wildman–Crippen LogP) is 7.03. The van der Waals surface area contributed by atoms with Crippen molar-refractivity contribution in [3.8, 4) is 12.1 Å². The number of hydrogen-bond donors (Lipinski definition) is 0. The lowest BCUT2D eigenvalue weighted by molar-refractivity contribution is 0.354. The average Bonchev–Trinajstić information content (AvgIpc) is 2.77. The van der Waals surface area contributed by atoms with Crippen molar-refractivity contribution < 1.29 is 0 Å². The molecule has 0 unspecified atom stereocenters. The van der Waals surface area contributed by atoms with E-state index in [1.54, 1.807) is 0 Å². The summed E-state index contributed by atoms with van der Waals surface area (Å²) >= 11 is 0. The summed E-state index contributed by atoms with van der Waals surface area (Å²) in [4.78, 5) is 2.09. The highest BCUT2D eigenvalue weighted by atomic mass is 15.1. The third-order valence-corrected chi connectivity index (χ3v) is 5.56. The van der Waals surface area contributed by atoms with Crippen LogP contribution in [0.1, 0.15) is 43.4 Å². The fourth-order valence-corrected chi connectivity index (χ4v) is 3.89. The van der Waals surface area contributed by atoms with Crippen LogP contribution in [0.15, 0.2) is 77.4 Å². The molecule has 3 rings (SSSR count). The van der Waals surface area contributed by atoms with E-state index in [0.29, 0.717) is 0 Å². The minimum atomic E-state index is 0.0299. The summed E-state index contributed by atoms with van der Waals surface area (Å²) in [5, 5.41) is 18.5.